The Hall–Kier alpha value is -1.73. The van der Waals surface area contributed by atoms with Crippen molar-refractivity contribution in [2.75, 3.05) is 26.2 Å². The average Bonchev–Trinajstić information content (AvgIpc) is 2.58. The van der Waals surface area contributed by atoms with E-state index in [1.165, 1.54) is 6.07 Å². The van der Waals surface area contributed by atoms with Gasteiger partial charge in [-0.25, -0.2) is 8.78 Å². The van der Waals surface area contributed by atoms with Gasteiger partial charge in [0, 0.05) is 25.8 Å². The minimum atomic E-state index is -0.998. The maximum Gasteiger partial charge on any atom is 0.263 e. The highest BCUT2D eigenvalue weighted by Crippen LogP contribution is 2.19. The molecule has 1 amide bonds. The topological polar surface area (TPSA) is 64.8 Å². The van der Waals surface area contributed by atoms with Crippen LogP contribution in [0.3, 0.4) is 0 Å². The summed E-state index contributed by atoms with van der Waals surface area (Å²) < 4.78 is 37.2. The number of piperidine rings is 1. The SMILES string of the molecule is CC(Oc1ccc(F)c(F)c1)C(=O)N1CCC(OCCCN)CC1. The van der Waals surface area contributed by atoms with Crippen LogP contribution in [0.2, 0.25) is 0 Å². The number of hydrogen-bond acceptors (Lipinski definition) is 4. The lowest BCUT2D eigenvalue weighted by Crippen LogP contribution is -2.46. The molecule has 2 rings (SSSR count). The molecule has 2 N–H and O–H groups in total. The smallest absolute Gasteiger partial charge is 0.263 e. The lowest BCUT2D eigenvalue weighted by atomic mass is 10.1. The maximum atomic E-state index is 13.2. The summed E-state index contributed by atoms with van der Waals surface area (Å²) in [6, 6.07) is 3.22. The van der Waals surface area contributed by atoms with Crippen LogP contribution in [0.15, 0.2) is 18.2 Å². The van der Waals surface area contributed by atoms with Crippen molar-refractivity contribution in [1.29, 1.82) is 0 Å². The summed E-state index contributed by atoms with van der Waals surface area (Å²) in [5.41, 5.74) is 5.43. The Morgan fingerprint density at radius 2 is 2.04 bits per heavy atom. The largest absolute Gasteiger partial charge is 0.481 e. The van der Waals surface area contributed by atoms with Gasteiger partial charge in [0.25, 0.3) is 5.91 Å². The number of hydrogen-bond donors (Lipinski definition) is 1. The minimum absolute atomic E-state index is 0.134. The number of likely N-dealkylation sites (tertiary alicyclic amines) is 1. The highest BCUT2D eigenvalue weighted by molar-refractivity contribution is 5.81. The normalized spacial score (nSPS) is 16.9. The predicted molar refractivity (Wildman–Crippen MR) is 85.7 cm³/mol. The van der Waals surface area contributed by atoms with Crippen LogP contribution in [0, 0.1) is 11.6 Å². The third kappa shape index (κ3) is 5.14. The number of nitrogens with two attached hydrogens (primary N) is 1. The van der Waals surface area contributed by atoms with E-state index >= 15 is 0 Å². The van der Waals surface area contributed by atoms with Gasteiger partial charge in [-0.15, -0.1) is 0 Å². The number of benzene rings is 1. The first kappa shape index (κ1) is 18.6. The van der Waals surface area contributed by atoms with Crippen molar-refractivity contribution in [2.45, 2.75) is 38.4 Å². The second kappa shape index (κ2) is 8.94. The van der Waals surface area contributed by atoms with Gasteiger partial charge in [0.2, 0.25) is 0 Å². The van der Waals surface area contributed by atoms with Crippen LogP contribution in [0.1, 0.15) is 26.2 Å². The summed E-state index contributed by atoms with van der Waals surface area (Å²) in [5, 5.41) is 0. The Morgan fingerprint density at radius 3 is 2.67 bits per heavy atom. The van der Waals surface area contributed by atoms with Gasteiger partial charge in [-0.05, 0) is 44.9 Å². The Bertz CT molecular complexity index is 549. The lowest BCUT2D eigenvalue weighted by Gasteiger charge is -2.33. The summed E-state index contributed by atoms with van der Waals surface area (Å²) in [6.45, 7) is 4.05. The number of carbonyl (C=O) groups excluding carboxylic acids is 1. The summed E-state index contributed by atoms with van der Waals surface area (Å²) in [5.74, 6) is -1.98. The van der Waals surface area contributed by atoms with E-state index in [2.05, 4.69) is 0 Å². The molecule has 0 bridgehead atoms. The van der Waals surface area contributed by atoms with Crippen LogP contribution in [0.25, 0.3) is 0 Å². The van der Waals surface area contributed by atoms with Crippen molar-refractivity contribution >= 4 is 5.91 Å². The highest BCUT2D eigenvalue weighted by Gasteiger charge is 2.27. The zero-order valence-electron chi connectivity index (χ0n) is 13.8. The monoisotopic (exact) mass is 342 g/mol. The number of amides is 1. The van der Waals surface area contributed by atoms with Gasteiger partial charge in [-0.1, -0.05) is 0 Å². The molecule has 1 saturated heterocycles. The summed E-state index contributed by atoms with van der Waals surface area (Å²) >= 11 is 0. The number of nitrogens with zero attached hydrogens (tertiary/aromatic N) is 1. The molecule has 5 nitrogen and oxygen atoms in total. The minimum Gasteiger partial charge on any atom is -0.481 e. The molecule has 0 aliphatic carbocycles. The van der Waals surface area contributed by atoms with Crippen molar-refractivity contribution in [3.8, 4) is 5.75 Å². The standard InChI is InChI=1S/C17H24F2N2O3/c1-12(24-14-3-4-15(18)16(19)11-14)17(22)21-8-5-13(6-9-21)23-10-2-7-20/h3-4,11-13H,2,5-10,20H2,1H3. The Balaban J connectivity index is 1.80. The molecule has 1 aromatic carbocycles. The molecule has 24 heavy (non-hydrogen) atoms. The van der Waals surface area contributed by atoms with E-state index in [1.54, 1.807) is 11.8 Å². The van der Waals surface area contributed by atoms with Crippen molar-refractivity contribution in [3.63, 3.8) is 0 Å². The second-order valence-electron chi connectivity index (χ2n) is 5.87. The second-order valence-corrected chi connectivity index (χ2v) is 5.87. The molecule has 1 fully saturated rings. The van der Waals surface area contributed by atoms with Gasteiger partial charge in [-0.3, -0.25) is 4.79 Å². The zero-order chi connectivity index (χ0) is 17.5. The lowest BCUT2D eigenvalue weighted by molar-refractivity contribution is -0.140. The first-order valence-corrected chi connectivity index (χ1v) is 8.23. The van der Waals surface area contributed by atoms with E-state index in [-0.39, 0.29) is 17.8 Å². The van der Waals surface area contributed by atoms with Crippen molar-refractivity contribution in [3.05, 3.63) is 29.8 Å². The van der Waals surface area contributed by atoms with E-state index in [4.69, 9.17) is 15.2 Å². The summed E-state index contributed by atoms with van der Waals surface area (Å²) in [4.78, 5) is 14.1. The molecule has 1 atom stereocenters. The van der Waals surface area contributed by atoms with Gasteiger partial charge >= 0.3 is 0 Å². The van der Waals surface area contributed by atoms with Gasteiger partial charge in [0.15, 0.2) is 17.7 Å². The molecule has 1 heterocycles. The fraction of sp³-hybridized carbons (Fsp3) is 0.588. The van der Waals surface area contributed by atoms with Gasteiger partial charge in [0.05, 0.1) is 6.10 Å². The molecule has 0 spiro atoms. The molecule has 7 heteroatoms. The van der Waals surface area contributed by atoms with Crippen molar-refractivity contribution in [1.82, 2.24) is 4.90 Å². The molecule has 1 aliphatic rings. The number of halogens is 2. The first-order chi connectivity index (χ1) is 11.5. The number of ether oxygens (including phenoxy) is 2. The molecular weight excluding hydrogens is 318 g/mol. The summed E-state index contributed by atoms with van der Waals surface area (Å²) in [7, 11) is 0. The van der Waals surface area contributed by atoms with E-state index in [1.807, 2.05) is 0 Å². The fourth-order valence-electron chi connectivity index (χ4n) is 2.64. The predicted octanol–water partition coefficient (Wildman–Crippen LogP) is 2.09. The molecule has 0 aromatic heterocycles. The van der Waals surface area contributed by atoms with Gasteiger partial charge in [-0.2, -0.15) is 0 Å². The van der Waals surface area contributed by atoms with E-state index in [0.717, 1.165) is 31.4 Å². The third-order valence-electron chi connectivity index (χ3n) is 4.01. The Kier molecular flexibility index (Phi) is 6.93. The van der Waals surface area contributed by atoms with Crippen LogP contribution in [-0.4, -0.2) is 49.3 Å². The van der Waals surface area contributed by atoms with Crippen LogP contribution in [0.5, 0.6) is 5.75 Å². The van der Waals surface area contributed by atoms with E-state index < -0.39 is 17.7 Å². The molecule has 1 unspecified atom stereocenters. The average molecular weight is 342 g/mol. The van der Waals surface area contributed by atoms with E-state index in [0.29, 0.717) is 26.2 Å². The Morgan fingerprint density at radius 1 is 1.33 bits per heavy atom. The number of carbonyl (C=O) groups is 1. The molecule has 0 saturated carbocycles. The molecule has 0 radical (unpaired) electrons. The van der Waals surface area contributed by atoms with Crippen LogP contribution in [-0.2, 0) is 9.53 Å². The fourth-order valence-corrected chi connectivity index (χ4v) is 2.64. The van der Waals surface area contributed by atoms with Crippen LogP contribution in [0.4, 0.5) is 8.78 Å². The number of rotatable bonds is 7. The quantitative estimate of drug-likeness (QED) is 0.771. The molecular formula is C17H24F2N2O3. The molecule has 1 aromatic rings. The van der Waals surface area contributed by atoms with Crippen LogP contribution < -0.4 is 10.5 Å². The van der Waals surface area contributed by atoms with Crippen molar-refractivity contribution in [2.24, 2.45) is 5.73 Å². The zero-order valence-corrected chi connectivity index (χ0v) is 13.8. The van der Waals surface area contributed by atoms with Gasteiger partial charge < -0.3 is 20.1 Å². The first-order valence-electron chi connectivity index (χ1n) is 8.23. The van der Waals surface area contributed by atoms with Crippen LogP contribution >= 0.6 is 0 Å². The third-order valence-corrected chi connectivity index (χ3v) is 4.01. The Labute approximate surface area is 140 Å². The molecule has 134 valence electrons. The van der Waals surface area contributed by atoms with Gasteiger partial charge in [0.1, 0.15) is 5.75 Å². The molecule has 1 aliphatic heterocycles. The maximum absolute atomic E-state index is 13.2. The summed E-state index contributed by atoms with van der Waals surface area (Å²) in [6.07, 6.45) is 1.77. The van der Waals surface area contributed by atoms with Crippen molar-refractivity contribution < 1.29 is 23.0 Å². The highest BCUT2D eigenvalue weighted by atomic mass is 19.2. The van der Waals surface area contributed by atoms with E-state index in [9.17, 15) is 13.6 Å².